The fourth-order valence-electron chi connectivity index (χ4n) is 2.62. The highest BCUT2D eigenvalue weighted by atomic mass is 16.2. The van der Waals surface area contributed by atoms with E-state index >= 15 is 0 Å². The Bertz CT molecular complexity index is 745. The maximum absolute atomic E-state index is 12.6. The molecule has 2 aromatic rings. The number of carbonyl (C=O) groups is 1. The summed E-state index contributed by atoms with van der Waals surface area (Å²) in [5, 5.41) is 4.73. The highest BCUT2D eigenvalue weighted by molar-refractivity contribution is 5.95. The third kappa shape index (κ3) is 2.42. The van der Waals surface area contributed by atoms with Gasteiger partial charge in [0.25, 0.3) is 5.91 Å². The summed E-state index contributed by atoms with van der Waals surface area (Å²) in [6.45, 7) is 2.90. The fraction of sp³-hybridized carbons (Fsp3) is 0.400. The number of aromatic nitrogens is 2. The highest BCUT2D eigenvalue weighted by Crippen LogP contribution is 2.10. The molecule has 6 nitrogen and oxygen atoms in total. The molecule has 1 saturated heterocycles. The lowest BCUT2D eigenvalue weighted by atomic mass is 10.2. The van der Waals surface area contributed by atoms with E-state index < -0.39 is 0 Å². The van der Waals surface area contributed by atoms with Crippen LogP contribution >= 0.6 is 0 Å². The Hall–Kier alpha value is -2.21. The van der Waals surface area contributed by atoms with E-state index in [1.54, 1.807) is 28.8 Å². The zero-order chi connectivity index (χ0) is 15.0. The number of amides is 1. The Morgan fingerprint density at radius 1 is 1.10 bits per heavy atom. The molecule has 0 bridgehead atoms. The number of para-hydroxylation sites is 1. The molecule has 1 aliphatic rings. The average Bonchev–Trinajstić information content (AvgIpc) is 2.51. The van der Waals surface area contributed by atoms with Gasteiger partial charge < -0.3 is 9.80 Å². The average molecular weight is 286 g/mol. The van der Waals surface area contributed by atoms with Crippen LogP contribution in [-0.4, -0.2) is 58.7 Å². The van der Waals surface area contributed by atoms with Crippen LogP contribution < -0.4 is 5.43 Å². The van der Waals surface area contributed by atoms with Crippen molar-refractivity contribution in [1.29, 1.82) is 0 Å². The van der Waals surface area contributed by atoms with Crippen LogP contribution in [0.25, 0.3) is 10.9 Å². The summed E-state index contributed by atoms with van der Waals surface area (Å²) in [5.74, 6) is -0.269. The monoisotopic (exact) mass is 286 g/mol. The molecule has 6 heteroatoms. The van der Waals surface area contributed by atoms with Crippen molar-refractivity contribution in [1.82, 2.24) is 19.6 Å². The largest absolute Gasteiger partial charge is 0.335 e. The molecule has 1 aliphatic heterocycles. The lowest BCUT2D eigenvalue weighted by Crippen LogP contribution is -2.48. The minimum absolute atomic E-state index is 0.0146. The van der Waals surface area contributed by atoms with Gasteiger partial charge in [0.05, 0.1) is 5.52 Å². The van der Waals surface area contributed by atoms with Crippen molar-refractivity contribution in [3.63, 3.8) is 0 Å². The number of piperazine rings is 1. The predicted molar refractivity (Wildman–Crippen MR) is 80.4 cm³/mol. The number of aryl methyl sites for hydroxylation is 1. The standard InChI is InChI=1S/C15H18N4O2/c1-17-7-9-19(10-8-17)15(21)13-14(20)11-5-3-4-6-12(11)18(2)16-13/h3-6H,7-10H2,1-2H3. The van der Waals surface area contributed by atoms with E-state index in [1.807, 2.05) is 19.2 Å². The van der Waals surface area contributed by atoms with Crippen LogP contribution in [0.4, 0.5) is 0 Å². The minimum Gasteiger partial charge on any atom is -0.335 e. The molecule has 1 fully saturated rings. The molecule has 1 aromatic carbocycles. The number of benzene rings is 1. The van der Waals surface area contributed by atoms with Gasteiger partial charge in [-0.2, -0.15) is 5.10 Å². The third-order valence-corrected chi connectivity index (χ3v) is 3.96. The maximum Gasteiger partial charge on any atom is 0.278 e. The number of hydrogen-bond donors (Lipinski definition) is 0. The number of likely N-dealkylation sites (N-methyl/N-ethyl adjacent to an activating group) is 1. The molecule has 110 valence electrons. The second-order valence-corrected chi connectivity index (χ2v) is 5.41. The van der Waals surface area contributed by atoms with Gasteiger partial charge in [-0.25, -0.2) is 0 Å². The van der Waals surface area contributed by atoms with E-state index in [9.17, 15) is 9.59 Å². The molecule has 2 heterocycles. The van der Waals surface area contributed by atoms with Gasteiger partial charge in [-0.3, -0.25) is 14.3 Å². The van der Waals surface area contributed by atoms with Crippen LogP contribution in [0, 0.1) is 0 Å². The van der Waals surface area contributed by atoms with E-state index in [4.69, 9.17) is 0 Å². The van der Waals surface area contributed by atoms with E-state index in [2.05, 4.69) is 10.00 Å². The van der Waals surface area contributed by atoms with Crippen LogP contribution in [0.15, 0.2) is 29.1 Å². The second-order valence-electron chi connectivity index (χ2n) is 5.41. The highest BCUT2D eigenvalue weighted by Gasteiger charge is 2.24. The molecule has 0 radical (unpaired) electrons. The second kappa shape index (κ2) is 5.29. The smallest absolute Gasteiger partial charge is 0.278 e. The van der Waals surface area contributed by atoms with Crippen molar-refractivity contribution < 1.29 is 4.79 Å². The zero-order valence-electron chi connectivity index (χ0n) is 12.2. The molecule has 0 N–H and O–H groups in total. The number of carbonyl (C=O) groups excluding carboxylic acids is 1. The first-order valence-corrected chi connectivity index (χ1v) is 7.02. The Morgan fingerprint density at radius 2 is 1.76 bits per heavy atom. The van der Waals surface area contributed by atoms with E-state index in [-0.39, 0.29) is 17.0 Å². The number of hydrogen-bond acceptors (Lipinski definition) is 4. The van der Waals surface area contributed by atoms with Gasteiger partial charge in [0, 0.05) is 38.6 Å². The maximum atomic E-state index is 12.6. The molecule has 0 spiro atoms. The first kappa shape index (κ1) is 13.8. The SMILES string of the molecule is CN1CCN(C(=O)c2nn(C)c3ccccc3c2=O)CC1. The molecule has 0 saturated carbocycles. The quantitative estimate of drug-likeness (QED) is 0.757. The summed E-state index contributed by atoms with van der Waals surface area (Å²) in [4.78, 5) is 28.9. The lowest BCUT2D eigenvalue weighted by molar-refractivity contribution is 0.0655. The summed E-state index contributed by atoms with van der Waals surface area (Å²) in [5.41, 5.74) is 0.464. The van der Waals surface area contributed by atoms with Gasteiger partial charge in [0.1, 0.15) is 0 Å². The fourth-order valence-corrected chi connectivity index (χ4v) is 2.62. The minimum atomic E-state index is -0.285. The molecule has 0 unspecified atom stereocenters. The Balaban J connectivity index is 2.03. The van der Waals surface area contributed by atoms with Crippen LogP contribution in [0.2, 0.25) is 0 Å². The van der Waals surface area contributed by atoms with Gasteiger partial charge in [0.2, 0.25) is 5.43 Å². The van der Waals surface area contributed by atoms with Crippen molar-refractivity contribution in [3.05, 3.63) is 40.2 Å². The van der Waals surface area contributed by atoms with Gasteiger partial charge in [-0.05, 0) is 19.2 Å². The third-order valence-electron chi connectivity index (χ3n) is 3.96. The molecule has 0 atom stereocenters. The van der Waals surface area contributed by atoms with E-state index in [0.29, 0.717) is 18.5 Å². The summed E-state index contributed by atoms with van der Waals surface area (Å²) < 4.78 is 1.60. The van der Waals surface area contributed by atoms with Gasteiger partial charge in [-0.15, -0.1) is 0 Å². The molecule has 21 heavy (non-hydrogen) atoms. The molecule has 0 aliphatic carbocycles. The summed E-state index contributed by atoms with van der Waals surface area (Å²) in [6, 6.07) is 7.22. The first-order valence-electron chi connectivity index (χ1n) is 7.02. The topological polar surface area (TPSA) is 58.4 Å². The summed E-state index contributed by atoms with van der Waals surface area (Å²) in [6.07, 6.45) is 0. The van der Waals surface area contributed by atoms with Gasteiger partial charge >= 0.3 is 0 Å². The Labute approximate surface area is 122 Å². The van der Waals surface area contributed by atoms with Crippen molar-refractivity contribution >= 4 is 16.8 Å². The van der Waals surface area contributed by atoms with Crippen molar-refractivity contribution in [3.8, 4) is 0 Å². The van der Waals surface area contributed by atoms with Gasteiger partial charge in [-0.1, -0.05) is 12.1 Å². The van der Waals surface area contributed by atoms with Crippen LogP contribution in [0.3, 0.4) is 0 Å². The van der Waals surface area contributed by atoms with Gasteiger partial charge in [0.15, 0.2) is 5.69 Å². The Morgan fingerprint density at radius 3 is 2.48 bits per heavy atom. The normalized spacial score (nSPS) is 16.4. The first-order chi connectivity index (χ1) is 10.1. The Kier molecular flexibility index (Phi) is 3.47. The van der Waals surface area contributed by atoms with Crippen LogP contribution in [-0.2, 0) is 7.05 Å². The summed E-state index contributed by atoms with van der Waals surface area (Å²) >= 11 is 0. The summed E-state index contributed by atoms with van der Waals surface area (Å²) in [7, 11) is 3.78. The van der Waals surface area contributed by atoms with Crippen molar-refractivity contribution in [2.45, 2.75) is 0 Å². The van der Waals surface area contributed by atoms with E-state index in [0.717, 1.165) is 18.6 Å². The number of nitrogens with zero attached hydrogens (tertiary/aromatic N) is 4. The zero-order valence-corrected chi connectivity index (χ0v) is 12.2. The van der Waals surface area contributed by atoms with Crippen LogP contribution in [0.5, 0.6) is 0 Å². The van der Waals surface area contributed by atoms with Crippen LogP contribution in [0.1, 0.15) is 10.5 Å². The predicted octanol–water partition coefficient (Wildman–Crippen LogP) is 0.321. The molecular formula is C15H18N4O2. The lowest BCUT2D eigenvalue weighted by Gasteiger charge is -2.32. The van der Waals surface area contributed by atoms with E-state index in [1.165, 1.54) is 0 Å². The molecule has 3 rings (SSSR count). The van der Waals surface area contributed by atoms with Crippen molar-refractivity contribution in [2.75, 3.05) is 33.2 Å². The molecular weight excluding hydrogens is 268 g/mol. The molecule has 1 amide bonds. The van der Waals surface area contributed by atoms with Crippen molar-refractivity contribution in [2.24, 2.45) is 7.05 Å². The number of rotatable bonds is 1. The number of fused-ring (bicyclic) bond motifs is 1. The molecule has 1 aromatic heterocycles.